The largest absolute Gasteiger partial charge is 0.261 e. The van der Waals surface area contributed by atoms with E-state index in [1.807, 2.05) is 6.92 Å². The van der Waals surface area contributed by atoms with Gasteiger partial charge in [0.2, 0.25) is 0 Å². The predicted octanol–water partition coefficient (Wildman–Crippen LogP) is 2.77. The van der Waals surface area contributed by atoms with Crippen molar-refractivity contribution in [1.29, 1.82) is 0 Å². The van der Waals surface area contributed by atoms with Gasteiger partial charge in [-0.1, -0.05) is 18.7 Å². The predicted molar refractivity (Wildman–Crippen MR) is 71.1 cm³/mol. The molecule has 0 fully saturated rings. The summed E-state index contributed by atoms with van der Waals surface area (Å²) in [6.45, 7) is 2.80. The van der Waals surface area contributed by atoms with E-state index in [0.29, 0.717) is 17.0 Å². The number of halogens is 2. The van der Waals surface area contributed by atoms with E-state index in [9.17, 15) is 8.78 Å². The molecule has 1 aliphatic rings. The van der Waals surface area contributed by atoms with Gasteiger partial charge in [0.25, 0.3) is 0 Å². The molecule has 96 valence electrons. The van der Waals surface area contributed by atoms with Gasteiger partial charge in [0.05, 0.1) is 5.71 Å². The number of hydrazone groups is 1. The first-order valence-electron chi connectivity index (χ1n) is 5.66. The van der Waals surface area contributed by atoms with Crippen molar-refractivity contribution in [2.45, 2.75) is 13.3 Å². The highest BCUT2D eigenvalue weighted by Gasteiger charge is 2.14. The number of benzene rings is 1. The topological polar surface area (TPSA) is 36.8 Å². The lowest BCUT2D eigenvalue weighted by atomic mass is 10.1. The molecule has 3 nitrogen and oxygen atoms in total. The first kappa shape index (κ1) is 13.0. The van der Waals surface area contributed by atoms with Crippen LogP contribution < -0.4 is 5.43 Å². The van der Waals surface area contributed by atoms with E-state index in [1.165, 1.54) is 17.8 Å². The molecule has 18 heavy (non-hydrogen) atoms. The van der Waals surface area contributed by atoms with Crippen LogP contribution in [-0.4, -0.2) is 23.2 Å². The van der Waals surface area contributed by atoms with Gasteiger partial charge < -0.3 is 0 Å². The lowest BCUT2D eigenvalue weighted by Gasteiger charge is -2.14. The lowest BCUT2D eigenvalue weighted by Crippen LogP contribution is -2.25. The normalized spacial score (nSPS) is 17.5. The summed E-state index contributed by atoms with van der Waals surface area (Å²) in [5.74, 6) is -1.10. The Labute approximate surface area is 108 Å². The maximum atomic E-state index is 13.1. The molecular formula is C12H13F2N3S. The number of aliphatic imine (C=N–C) groups is 1. The lowest BCUT2D eigenvalue weighted by molar-refractivity contribution is 0.508. The standard InChI is InChI=1S/C12H13F2N3S/c1-2-5-15-12-17-16-11(7-18-12)8-3-4-9(13)10(14)6-8/h3-4,6H,2,5,7H2,1H3,(H,15,17). The highest BCUT2D eigenvalue weighted by atomic mass is 32.2. The molecule has 1 aromatic carbocycles. The minimum absolute atomic E-state index is 0.587. The zero-order chi connectivity index (χ0) is 13.0. The second-order valence-corrected chi connectivity index (χ2v) is 4.74. The van der Waals surface area contributed by atoms with E-state index < -0.39 is 11.6 Å². The van der Waals surface area contributed by atoms with E-state index in [4.69, 9.17) is 0 Å². The third kappa shape index (κ3) is 3.07. The van der Waals surface area contributed by atoms with Crippen molar-refractivity contribution in [3.63, 3.8) is 0 Å². The van der Waals surface area contributed by atoms with E-state index in [1.54, 1.807) is 0 Å². The Morgan fingerprint density at radius 2 is 2.22 bits per heavy atom. The third-order valence-corrected chi connectivity index (χ3v) is 3.28. The molecule has 0 aliphatic carbocycles. The summed E-state index contributed by atoms with van der Waals surface area (Å²) in [7, 11) is 0. The fraction of sp³-hybridized carbons (Fsp3) is 0.333. The van der Waals surface area contributed by atoms with Crippen LogP contribution in [0.3, 0.4) is 0 Å². The molecule has 1 aliphatic heterocycles. The molecule has 0 bridgehead atoms. The summed E-state index contributed by atoms with van der Waals surface area (Å²) < 4.78 is 25.9. The van der Waals surface area contributed by atoms with Crippen LogP contribution in [0.5, 0.6) is 0 Å². The second-order valence-electron chi connectivity index (χ2n) is 3.77. The minimum atomic E-state index is -0.856. The van der Waals surface area contributed by atoms with Crippen molar-refractivity contribution in [3.8, 4) is 0 Å². The molecule has 0 spiro atoms. The van der Waals surface area contributed by atoms with Crippen LogP contribution in [0.4, 0.5) is 8.78 Å². The molecule has 6 heteroatoms. The van der Waals surface area contributed by atoms with Gasteiger partial charge in [0.15, 0.2) is 16.8 Å². The molecule has 0 atom stereocenters. The van der Waals surface area contributed by atoms with Crippen molar-refractivity contribution in [2.75, 3.05) is 12.3 Å². The highest BCUT2D eigenvalue weighted by molar-refractivity contribution is 8.14. The summed E-state index contributed by atoms with van der Waals surface area (Å²) in [6, 6.07) is 3.79. The molecule has 0 saturated heterocycles. The molecule has 0 radical (unpaired) electrons. The Hall–Kier alpha value is -1.43. The molecule has 0 unspecified atom stereocenters. The van der Waals surface area contributed by atoms with Gasteiger partial charge in [-0.3, -0.25) is 10.4 Å². The first-order valence-corrected chi connectivity index (χ1v) is 6.64. The quantitative estimate of drug-likeness (QED) is 0.916. The fourth-order valence-corrected chi connectivity index (χ4v) is 2.23. The first-order chi connectivity index (χ1) is 8.70. The van der Waals surface area contributed by atoms with Crippen LogP contribution in [0.25, 0.3) is 0 Å². The second kappa shape index (κ2) is 5.95. The Morgan fingerprint density at radius 1 is 1.39 bits per heavy atom. The van der Waals surface area contributed by atoms with E-state index >= 15 is 0 Å². The zero-order valence-electron chi connectivity index (χ0n) is 9.91. The molecule has 0 aromatic heterocycles. The molecule has 1 aromatic rings. The SMILES string of the molecule is CCCN=C1NN=C(c2ccc(F)c(F)c2)CS1. The van der Waals surface area contributed by atoms with Crippen molar-refractivity contribution in [1.82, 2.24) is 5.43 Å². The Kier molecular flexibility index (Phi) is 4.30. The van der Waals surface area contributed by atoms with Gasteiger partial charge in [0, 0.05) is 17.9 Å². The van der Waals surface area contributed by atoms with Gasteiger partial charge in [-0.05, 0) is 24.6 Å². The zero-order valence-corrected chi connectivity index (χ0v) is 10.7. The molecule has 1 heterocycles. The van der Waals surface area contributed by atoms with Gasteiger partial charge >= 0.3 is 0 Å². The number of hydrogen-bond acceptors (Lipinski definition) is 3. The summed E-state index contributed by atoms with van der Waals surface area (Å²) in [6.07, 6.45) is 0.978. The third-order valence-electron chi connectivity index (χ3n) is 2.36. The number of amidine groups is 1. The van der Waals surface area contributed by atoms with Crippen molar-refractivity contribution in [3.05, 3.63) is 35.4 Å². The number of thioether (sulfide) groups is 1. The van der Waals surface area contributed by atoms with Crippen molar-refractivity contribution in [2.24, 2.45) is 10.1 Å². The number of nitrogens with one attached hydrogen (secondary N) is 1. The monoisotopic (exact) mass is 269 g/mol. The summed E-state index contributed by atoms with van der Waals surface area (Å²) >= 11 is 1.51. The number of nitrogens with zero attached hydrogens (tertiary/aromatic N) is 2. The summed E-state index contributed by atoms with van der Waals surface area (Å²) in [4.78, 5) is 4.29. The molecule has 0 saturated carbocycles. The van der Waals surface area contributed by atoms with Gasteiger partial charge in [-0.25, -0.2) is 8.78 Å². The van der Waals surface area contributed by atoms with Gasteiger partial charge in [-0.15, -0.1) is 0 Å². The average Bonchev–Trinajstić information content (AvgIpc) is 2.40. The van der Waals surface area contributed by atoms with E-state index in [-0.39, 0.29) is 0 Å². The molecule has 1 N–H and O–H groups in total. The molecule has 0 amide bonds. The van der Waals surface area contributed by atoms with Crippen molar-refractivity contribution >= 4 is 22.6 Å². The van der Waals surface area contributed by atoms with Crippen LogP contribution in [0.2, 0.25) is 0 Å². The van der Waals surface area contributed by atoms with Gasteiger partial charge in [-0.2, -0.15) is 5.10 Å². The van der Waals surface area contributed by atoms with Crippen LogP contribution >= 0.6 is 11.8 Å². The van der Waals surface area contributed by atoms with Crippen LogP contribution in [-0.2, 0) is 0 Å². The summed E-state index contributed by atoms with van der Waals surface area (Å²) in [5, 5.41) is 4.90. The van der Waals surface area contributed by atoms with Crippen LogP contribution in [0.15, 0.2) is 28.3 Å². The Bertz CT molecular complexity index is 500. The maximum Gasteiger partial charge on any atom is 0.177 e. The summed E-state index contributed by atoms with van der Waals surface area (Å²) in [5.41, 5.74) is 4.10. The average molecular weight is 269 g/mol. The maximum absolute atomic E-state index is 13.1. The number of rotatable bonds is 3. The van der Waals surface area contributed by atoms with E-state index in [0.717, 1.165) is 30.3 Å². The Balaban J connectivity index is 2.11. The van der Waals surface area contributed by atoms with Crippen molar-refractivity contribution < 1.29 is 8.78 Å². The smallest absolute Gasteiger partial charge is 0.177 e. The minimum Gasteiger partial charge on any atom is -0.261 e. The van der Waals surface area contributed by atoms with Gasteiger partial charge in [0.1, 0.15) is 0 Å². The van der Waals surface area contributed by atoms with Crippen LogP contribution in [0, 0.1) is 11.6 Å². The Morgan fingerprint density at radius 3 is 2.83 bits per heavy atom. The van der Waals surface area contributed by atoms with Crippen LogP contribution in [0.1, 0.15) is 18.9 Å². The highest BCUT2D eigenvalue weighted by Crippen LogP contribution is 2.16. The molecule has 2 rings (SSSR count). The fourth-order valence-electron chi connectivity index (χ4n) is 1.43. The number of hydrogen-bond donors (Lipinski definition) is 1. The molecular weight excluding hydrogens is 256 g/mol. The van der Waals surface area contributed by atoms with E-state index in [2.05, 4.69) is 15.5 Å².